The summed E-state index contributed by atoms with van der Waals surface area (Å²) in [7, 11) is -3.77. The van der Waals surface area contributed by atoms with Gasteiger partial charge in [-0.25, -0.2) is 12.8 Å². The van der Waals surface area contributed by atoms with E-state index in [9.17, 15) is 12.8 Å². The zero-order valence-electron chi connectivity index (χ0n) is 15.5. The van der Waals surface area contributed by atoms with E-state index >= 15 is 0 Å². The van der Waals surface area contributed by atoms with Gasteiger partial charge in [-0.1, -0.05) is 24.3 Å². The Balaban J connectivity index is 1.67. The normalized spacial score (nSPS) is 11.5. The fourth-order valence-corrected chi connectivity index (χ4v) is 4.36. The number of hydrogen-bond donors (Lipinski definition) is 1. The van der Waals surface area contributed by atoms with E-state index in [1.54, 1.807) is 24.3 Å². The second-order valence-corrected chi connectivity index (χ2v) is 8.32. The summed E-state index contributed by atoms with van der Waals surface area (Å²) in [5.41, 5.74) is 3.37. The number of benzene rings is 3. The number of halogens is 1. The summed E-state index contributed by atoms with van der Waals surface area (Å²) in [5, 5.41) is 1.14. The van der Waals surface area contributed by atoms with Crippen LogP contribution < -0.4 is 4.72 Å². The molecule has 0 saturated heterocycles. The number of fused-ring (bicyclic) bond motifs is 1. The van der Waals surface area contributed by atoms with Gasteiger partial charge < -0.3 is 4.57 Å². The molecular formula is C23H19FN2O2S. The van der Waals surface area contributed by atoms with Gasteiger partial charge in [0, 0.05) is 23.0 Å². The van der Waals surface area contributed by atoms with Crippen molar-refractivity contribution in [1.82, 2.24) is 4.57 Å². The Bertz CT molecular complexity index is 1270. The van der Waals surface area contributed by atoms with E-state index in [0.29, 0.717) is 5.69 Å². The summed E-state index contributed by atoms with van der Waals surface area (Å²) in [6, 6.07) is 19.9. The fourth-order valence-electron chi connectivity index (χ4n) is 3.30. The zero-order valence-corrected chi connectivity index (χ0v) is 16.4. The van der Waals surface area contributed by atoms with Gasteiger partial charge in [-0.05, 0) is 66.6 Å². The zero-order chi connectivity index (χ0) is 20.4. The maximum atomic E-state index is 13.0. The number of sulfonamides is 1. The molecule has 29 heavy (non-hydrogen) atoms. The van der Waals surface area contributed by atoms with Gasteiger partial charge in [0.05, 0.1) is 10.4 Å². The highest BCUT2D eigenvalue weighted by Crippen LogP contribution is 2.26. The minimum Gasteiger partial charge on any atom is -0.316 e. The predicted octanol–water partition coefficient (Wildman–Crippen LogP) is 5.30. The van der Waals surface area contributed by atoms with Crippen LogP contribution in [0.5, 0.6) is 0 Å². The average Bonchev–Trinajstić information content (AvgIpc) is 3.09. The summed E-state index contributed by atoms with van der Waals surface area (Å²) in [4.78, 5) is 0.133. The molecule has 0 spiro atoms. The molecule has 0 amide bonds. The molecule has 1 N–H and O–H groups in total. The van der Waals surface area contributed by atoms with E-state index in [4.69, 9.17) is 0 Å². The lowest BCUT2D eigenvalue weighted by Gasteiger charge is -2.10. The second-order valence-electron chi connectivity index (χ2n) is 6.64. The van der Waals surface area contributed by atoms with Crippen LogP contribution in [0.2, 0.25) is 0 Å². The maximum Gasteiger partial charge on any atom is 0.261 e. The molecule has 0 aliphatic carbocycles. The first-order valence-corrected chi connectivity index (χ1v) is 10.5. The minimum absolute atomic E-state index is 0.133. The van der Waals surface area contributed by atoms with Crippen molar-refractivity contribution >= 4 is 26.6 Å². The molecule has 3 aromatic carbocycles. The molecule has 0 bridgehead atoms. The molecule has 4 aromatic rings. The van der Waals surface area contributed by atoms with Crippen LogP contribution >= 0.6 is 0 Å². The largest absolute Gasteiger partial charge is 0.316 e. The Morgan fingerprint density at radius 2 is 1.66 bits per heavy atom. The Labute approximate surface area is 169 Å². The number of nitrogens with one attached hydrogen (secondary N) is 1. The van der Waals surface area contributed by atoms with Gasteiger partial charge in [0.2, 0.25) is 0 Å². The monoisotopic (exact) mass is 406 g/mol. The lowest BCUT2D eigenvalue weighted by atomic mass is 10.1. The quantitative estimate of drug-likeness (QED) is 0.442. The first kappa shape index (κ1) is 19.0. The Kier molecular flexibility index (Phi) is 4.94. The SMILES string of the molecule is C=CCc1cn(-c2ccc(S(=O)(=O)Nc3ccc(F)cc3)cc2)c2ccccc12. The molecule has 146 valence electrons. The summed E-state index contributed by atoms with van der Waals surface area (Å²) in [5.74, 6) is -0.424. The van der Waals surface area contributed by atoms with Crippen molar-refractivity contribution in [2.45, 2.75) is 11.3 Å². The summed E-state index contributed by atoms with van der Waals surface area (Å²) in [6.07, 6.45) is 4.66. The molecule has 0 atom stereocenters. The van der Waals surface area contributed by atoms with E-state index in [2.05, 4.69) is 17.4 Å². The minimum atomic E-state index is -3.77. The van der Waals surface area contributed by atoms with Gasteiger partial charge in [0.1, 0.15) is 5.82 Å². The molecule has 0 aliphatic heterocycles. The van der Waals surface area contributed by atoms with Crippen molar-refractivity contribution in [3.05, 3.63) is 103 Å². The van der Waals surface area contributed by atoms with Gasteiger partial charge in [-0.15, -0.1) is 6.58 Å². The summed E-state index contributed by atoms with van der Waals surface area (Å²) < 4.78 is 42.7. The third-order valence-corrected chi connectivity index (χ3v) is 6.08. The summed E-state index contributed by atoms with van der Waals surface area (Å²) >= 11 is 0. The lowest BCUT2D eigenvalue weighted by molar-refractivity contribution is 0.601. The number of allylic oxidation sites excluding steroid dienone is 1. The number of aromatic nitrogens is 1. The standard InChI is InChI=1S/C23H19FN2O2S/c1-2-5-17-16-26(23-7-4-3-6-22(17)23)20-12-14-21(15-13-20)29(27,28)25-19-10-8-18(24)9-11-19/h2-4,6-16,25H,1,5H2. The van der Waals surface area contributed by atoms with Crippen molar-refractivity contribution in [3.8, 4) is 5.69 Å². The van der Waals surface area contributed by atoms with E-state index in [1.165, 1.54) is 24.3 Å². The molecule has 1 heterocycles. The van der Waals surface area contributed by atoms with Crippen LogP contribution in [0.15, 0.2) is 96.5 Å². The van der Waals surface area contributed by atoms with Gasteiger partial charge in [0.25, 0.3) is 10.0 Å². The van der Waals surface area contributed by atoms with Crippen LogP contribution in [0.1, 0.15) is 5.56 Å². The third-order valence-electron chi connectivity index (χ3n) is 4.68. The number of anilines is 1. The molecule has 1 aromatic heterocycles. The first-order valence-electron chi connectivity index (χ1n) is 9.06. The first-order chi connectivity index (χ1) is 14.0. The maximum absolute atomic E-state index is 13.0. The van der Waals surface area contributed by atoms with Crippen molar-refractivity contribution < 1.29 is 12.8 Å². The van der Waals surface area contributed by atoms with E-state index < -0.39 is 15.8 Å². The van der Waals surface area contributed by atoms with E-state index in [0.717, 1.165) is 28.6 Å². The highest BCUT2D eigenvalue weighted by atomic mass is 32.2. The molecular weight excluding hydrogens is 387 g/mol. The molecule has 0 aliphatic rings. The van der Waals surface area contributed by atoms with Crippen LogP contribution in [0, 0.1) is 5.82 Å². The van der Waals surface area contributed by atoms with E-state index in [1.807, 2.05) is 35.0 Å². The highest BCUT2D eigenvalue weighted by Gasteiger charge is 2.15. The van der Waals surface area contributed by atoms with Crippen LogP contribution in [0.4, 0.5) is 10.1 Å². The number of nitrogens with zero attached hydrogens (tertiary/aromatic N) is 1. The van der Waals surface area contributed by atoms with Crippen LogP contribution in [0.3, 0.4) is 0 Å². The molecule has 6 heteroatoms. The van der Waals surface area contributed by atoms with Gasteiger partial charge in [0.15, 0.2) is 0 Å². The predicted molar refractivity (Wildman–Crippen MR) is 114 cm³/mol. The number of hydrogen-bond acceptors (Lipinski definition) is 2. The fraction of sp³-hybridized carbons (Fsp3) is 0.0435. The second kappa shape index (κ2) is 7.56. The number of rotatable bonds is 6. The van der Waals surface area contributed by atoms with Crippen LogP contribution in [-0.2, 0) is 16.4 Å². The molecule has 0 radical (unpaired) electrons. The molecule has 0 unspecified atom stereocenters. The number of para-hydroxylation sites is 1. The molecule has 0 saturated carbocycles. The van der Waals surface area contributed by atoms with Gasteiger partial charge >= 0.3 is 0 Å². The van der Waals surface area contributed by atoms with E-state index in [-0.39, 0.29) is 4.90 Å². The van der Waals surface area contributed by atoms with Gasteiger partial charge in [-0.3, -0.25) is 4.72 Å². The van der Waals surface area contributed by atoms with Crippen LogP contribution in [0.25, 0.3) is 16.6 Å². The highest BCUT2D eigenvalue weighted by molar-refractivity contribution is 7.92. The van der Waals surface area contributed by atoms with Crippen LogP contribution in [-0.4, -0.2) is 13.0 Å². The third kappa shape index (κ3) is 3.79. The Morgan fingerprint density at radius 3 is 2.34 bits per heavy atom. The summed E-state index contributed by atoms with van der Waals surface area (Å²) in [6.45, 7) is 3.82. The molecule has 0 fully saturated rings. The Hall–Kier alpha value is -3.38. The van der Waals surface area contributed by atoms with Crippen molar-refractivity contribution in [2.24, 2.45) is 0 Å². The van der Waals surface area contributed by atoms with Crippen molar-refractivity contribution in [1.29, 1.82) is 0 Å². The van der Waals surface area contributed by atoms with Gasteiger partial charge in [-0.2, -0.15) is 0 Å². The molecule has 4 rings (SSSR count). The smallest absolute Gasteiger partial charge is 0.261 e. The Morgan fingerprint density at radius 1 is 0.966 bits per heavy atom. The average molecular weight is 406 g/mol. The van der Waals surface area contributed by atoms with Crippen molar-refractivity contribution in [3.63, 3.8) is 0 Å². The molecule has 4 nitrogen and oxygen atoms in total. The van der Waals surface area contributed by atoms with Crippen molar-refractivity contribution in [2.75, 3.05) is 4.72 Å². The lowest BCUT2D eigenvalue weighted by Crippen LogP contribution is -2.13. The topological polar surface area (TPSA) is 51.1 Å².